The van der Waals surface area contributed by atoms with Gasteiger partial charge in [0.15, 0.2) is 0 Å². The highest BCUT2D eigenvalue weighted by atomic mass is 14.2. The Morgan fingerprint density at radius 3 is 1.41 bits per heavy atom. The molecule has 0 spiro atoms. The first kappa shape index (κ1) is 23.7. The molecule has 0 radical (unpaired) electrons. The van der Waals surface area contributed by atoms with Crippen molar-refractivity contribution >= 4 is 43.1 Å². The van der Waals surface area contributed by atoms with Gasteiger partial charge in [0, 0.05) is 0 Å². The third kappa shape index (κ3) is 3.84. The van der Waals surface area contributed by atoms with Gasteiger partial charge >= 0.3 is 0 Å². The zero-order chi connectivity index (χ0) is 27.3. The summed E-state index contributed by atoms with van der Waals surface area (Å²) in [5.74, 6) is 0. The van der Waals surface area contributed by atoms with E-state index in [1.54, 1.807) is 0 Å². The fourth-order valence-electron chi connectivity index (χ4n) is 6.58. The minimum Gasteiger partial charge on any atom is -0.0622 e. The molecular weight excluding hydrogens is 492 g/mol. The smallest absolute Gasteiger partial charge is 0.00261 e. The Labute approximate surface area is 240 Å². The second-order valence-electron chi connectivity index (χ2n) is 11.0. The van der Waals surface area contributed by atoms with Gasteiger partial charge in [-0.3, -0.25) is 0 Å². The summed E-state index contributed by atoms with van der Waals surface area (Å²) in [5, 5.41) is 10.3. The standard InChI is InChI=1S/C41H28/c1-27-19-21-29(22-20-27)40-34-15-7-9-17-36(34)41(37-18-10-8-16-35(37)40)31-24-23-30-25-38(28-11-3-2-4-12-28)32-13-5-6-14-33(32)39(30)26-31/h2-26H,1H3. The highest BCUT2D eigenvalue weighted by molar-refractivity contribution is 6.22. The van der Waals surface area contributed by atoms with Crippen LogP contribution in [0.3, 0.4) is 0 Å². The van der Waals surface area contributed by atoms with Gasteiger partial charge in [-0.2, -0.15) is 0 Å². The summed E-state index contributed by atoms with van der Waals surface area (Å²) in [6, 6.07) is 55.7. The van der Waals surface area contributed by atoms with Crippen molar-refractivity contribution in [2.45, 2.75) is 6.92 Å². The third-order valence-corrected chi connectivity index (χ3v) is 8.51. The Morgan fingerprint density at radius 2 is 0.805 bits per heavy atom. The molecule has 0 bridgehead atoms. The van der Waals surface area contributed by atoms with Crippen LogP contribution in [0.1, 0.15) is 5.56 Å². The lowest BCUT2D eigenvalue weighted by atomic mass is 9.85. The van der Waals surface area contributed by atoms with E-state index in [4.69, 9.17) is 0 Å². The summed E-state index contributed by atoms with van der Waals surface area (Å²) in [6.45, 7) is 2.15. The third-order valence-electron chi connectivity index (χ3n) is 8.51. The number of benzene rings is 8. The van der Waals surface area contributed by atoms with Crippen LogP contribution in [0.5, 0.6) is 0 Å². The van der Waals surface area contributed by atoms with Gasteiger partial charge in [-0.05, 0) is 95.5 Å². The number of fused-ring (bicyclic) bond motifs is 5. The Hall–Kier alpha value is -5.20. The van der Waals surface area contributed by atoms with Crippen molar-refractivity contribution in [1.29, 1.82) is 0 Å². The zero-order valence-electron chi connectivity index (χ0n) is 22.9. The minimum atomic E-state index is 1.25. The molecule has 192 valence electrons. The molecule has 0 N–H and O–H groups in total. The summed E-state index contributed by atoms with van der Waals surface area (Å²) in [6.07, 6.45) is 0. The molecule has 0 amide bonds. The normalized spacial score (nSPS) is 11.5. The molecule has 0 unspecified atom stereocenters. The lowest BCUT2D eigenvalue weighted by Gasteiger charge is -2.18. The Balaban J connectivity index is 1.45. The monoisotopic (exact) mass is 520 g/mol. The molecule has 0 fully saturated rings. The van der Waals surface area contributed by atoms with Crippen molar-refractivity contribution in [2.75, 3.05) is 0 Å². The van der Waals surface area contributed by atoms with Gasteiger partial charge in [-0.1, -0.05) is 145 Å². The van der Waals surface area contributed by atoms with Gasteiger partial charge in [0.1, 0.15) is 0 Å². The van der Waals surface area contributed by atoms with Crippen LogP contribution in [-0.4, -0.2) is 0 Å². The van der Waals surface area contributed by atoms with Crippen LogP contribution in [0, 0.1) is 6.92 Å². The molecule has 8 aromatic rings. The van der Waals surface area contributed by atoms with Gasteiger partial charge in [-0.25, -0.2) is 0 Å². The molecule has 0 atom stereocenters. The Morgan fingerprint density at radius 1 is 0.317 bits per heavy atom. The SMILES string of the molecule is Cc1ccc(-c2c3ccccc3c(-c3ccc4cc(-c5ccccc5)c5ccccc5c4c3)c3ccccc23)cc1. The number of hydrogen-bond donors (Lipinski definition) is 0. The van der Waals surface area contributed by atoms with Crippen LogP contribution in [-0.2, 0) is 0 Å². The molecule has 0 aliphatic heterocycles. The van der Waals surface area contributed by atoms with Crippen molar-refractivity contribution < 1.29 is 0 Å². The van der Waals surface area contributed by atoms with E-state index in [9.17, 15) is 0 Å². The predicted octanol–water partition coefficient (Wildman–Crippen LogP) is 11.6. The van der Waals surface area contributed by atoms with Crippen molar-refractivity contribution in [1.82, 2.24) is 0 Å². The van der Waals surface area contributed by atoms with E-state index in [-0.39, 0.29) is 0 Å². The molecule has 0 saturated heterocycles. The lowest BCUT2D eigenvalue weighted by molar-refractivity contribution is 1.47. The quantitative estimate of drug-likeness (QED) is 0.160. The van der Waals surface area contributed by atoms with Crippen LogP contribution in [0.15, 0.2) is 152 Å². The molecule has 8 aromatic carbocycles. The topological polar surface area (TPSA) is 0 Å². The zero-order valence-corrected chi connectivity index (χ0v) is 22.9. The maximum Gasteiger partial charge on any atom is -0.00261 e. The van der Waals surface area contributed by atoms with Crippen LogP contribution in [0.25, 0.3) is 76.5 Å². The average molecular weight is 521 g/mol. The molecule has 0 saturated carbocycles. The lowest BCUT2D eigenvalue weighted by Crippen LogP contribution is -1.91. The van der Waals surface area contributed by atoms with Gasteiger partial charge in [0.05, 0.1) is 0 Å². The highest BCUT2D eigenvalue weighted by Gasteiger charge is 2.17. The minimum absolute atomic E-state index is 1.25. The van der Waals surface area contributed by atoms with E-state index in [0.717, 1.165) is 0 Å². The first-order valence-corrected chi connectivity index (χ1v) is 14.3. The molecule has 0 aliphatic rings. The van der Waals surface area contributed by atoms with Crippen LogP contribution in [0.2, 0.25) is 0 Å². The first-order chi connectivity index (χ1) is 20.3. The molecule has 0 heterocycles. The maximum atomic E-state index is 2.41. The van der Waals surface area contributed by atoms with Crippen molar-refractivity contribution in [3.05, 3.63) is 157 Å². The first-order valence-electron chi connectivity index (χ1n) is 14.3. The van der Waals surface area contributed by atoms with Crippen molar-refractivity contribution in [3.63, 3.8) is 0 Å². The van der Waals surface area contributed by atoms with Crippen LogP contribution < -0.4 is 0 Å². The summed E-state index contributed by atoms with van der Waals surface area (Å²) >= 11 is 0. The average Bonchev–Trinajstić information content (AvgIpc) is 3.04. The molecular formula is C41H28. The van der Waals surface area contributed by atoms with Crippen LogP contribution >= 0.6 is 0 Å². The molecule has 0 aromatic heterocycles. The number of rotatable bonds is 3. The van der Waals surface area contributed by atoms with Gasteiger partial charge in [-0.15, -0.1) is 0 Å². The van der Waals surface area contributed by atoms with Gasteiger partial charge in [0.2, 0.25) is 0 Å². The van der Waals surface area contributed by atoms with Gasteiger partial charge in [0.25, 0.3) is 0 Å². The summed E-state index contributed by atoms with van der Waals surface area (Å²) < 4.78 is 0. The molecule has 41 heavy (non-hydrogen) atoms. The molecule has 8 rings (SSSR count). The maximum absolute atomic E-state index is 2.41. The highest BCUT2D eigenvalue weighted by Crippen LogP contribution is 2.45. The summed E-state index contributed by atoms with van der Waals surface area (Å²) in [7, 11) is 0. The van der Waals surface area contributed by atoms with Gasteiger partial charge < -0.3 is 0 Å². The van der Waals surface area contributed by atoms with E-state index in [1.165, 1.54) is 82.0 Å². The van der Waals surface area contributed by atoms with E-state index >= 15 is 0 Å². The number of hydrogen-bond acceptors (Lipinski definition) is 0. The molecule has 0 heteroatoms. The second-order valence-corrected chi connectivity index (χ2v) is 11.0. The van der Waals surface area contributed by atoms with Crippen molar-refractivity contribution in [3.8, 4) is 33.4 Å². The van der Waals surface area contributed by atoms with E-state index in [2.05, 4.69) is 159 Å². The molecule has 0 nitrogen and oxygen atoms in total. The van der Waals surface area contributed by atoms with Crippen molar-refractivity contribution in [2.24, 2.45) is 0 Å². The predicted molar refractivity (Wildman–Crippen MR) is 178 cm³/mol. The summed E-state index contributed by atoms with van der Waals surface area (Å²) in [5.41, 5.74) is 8.91. The second kappa shape index (κ2) is 9.47. The largest absolute Gasteiger partial charge is 0.0622 e. The molecule has 0 aliphatic carbocycles. The number of aryl methyl sites for hydroxylation is 1. The fourth-order valence-corrected chi connectivity index (χ4v) is 6.58. The van der Waals surface area contributed by atoms with Crippen LogP contribution in [0.4, 0.5) is 0 Å². The van der Waals surface area contributed by atoms with E-state index in [0.29, 0.717) is 0 Å². The Kier molecular flexibility index (Phi) is 5.47. The van der Waals surface area contributed by atoms with E-state index < -0.39 is 0 Å². The fraction of sp³-hybridized carbons (Fsp3) is 0.0244. The van der Waals surface area contributed by atoms with E-state index in [1.807, 2.05) is 0 Å². The Bertz CT molecular complexity index is 2180. The summed E-state index contributed by atoms with van der Waals surface area (Å²) in [4.78, 5) is 0.